The topological polar surface area (TPSA) is 111 Å². The Morgan fingerprint density at radius 3 is 2.57 bits per heavy atom. The number of halogens is 1. The van der Waals surface area contributed by atoms with E-state index in [1.807, 2.05) is 6.92 Å². The van der Waals surface area contributed by atoms with E-state index in [1.54, 1.807) is 42.5 Å². The molecule has 9 nitrogen and oxygen atoms in total. The van der Waals surface area contributed by atoms with Gasteiger partial charge in [-0.2, -0.15) is 5.10 Å². The highest BCUT2D eigenvalue weighted by Crippen LogP contribution is 2.28. The maximum atomic E-state index is 13.0. The van der Waals surface area contributed by atoms with Gasteiger partial charge in [-0.15, -0.1) is 0 Å². The summed E-state index contributed by atoms with van der Waals surface area (Å²) < 4.78 is 34.9. The van der Waals surface area contributed by atoms with Crippen molar-refractivity contribution in [2.24, 2.45) is 5.10 Å². The molecular formula is C27H24FN3O6. The van der Waals surface area contributed by atoms with Gasteiger partial charge in [0.25, 0.3) is 5.91 Å². The fourth-order valence-electron chi connectivity index (χ4n) is 3.37. The smallest absolute Gasteiger partial charge is 0.307 e. The van der Waals surface area contributed by atoms with E-state index in [4.69, 9.17) is 18.6 Å². The molecule has 0 atom stereocenters. The summed E-state index contributed by atoms with van der Waals surface area (Å²) in [5, 5.41) is 7.32. The van der Waals surface area contributed by atoms with Crippen LogP contribution >= 0.6 is 0 Å². The number of rotatable bonds is 10. The largest absolute Gasteiger partial charge is 0.494 e. The SMILES string of the molecule is CCOc1ccc2oc(C(=O)N/N=C/c3ccc(OCC(=O)Nc4ccc(F)cc4)c(OC)c3)cc2c1. The molecule has 0 bridgehead atoms. The van der Waals surface area contributed by atoms with Gasteiger partial charge in [-0.3, -0.25) is 9.59 Å². The molecule has 0 radical (unpaired) electrons. The monoisotopic (exact) mass is 505 g/mol. The standard InChI is InChI=1S/C27H24FN3O6/c1-3-35-21-9-11-22-18(13-21)14-25(37-22)27(33)31-29-15-17-4-10-23(24(12-17)34-2)36-16-26(32)30-20-7-5-19(28)6-8-20/h4-15H,3,16H2,1-2H3,(H,30,32)(H,31,33)/b29-15+. The number of ether oxygens (including phenoxy) is 3. The van der Waals surface area contributed by atoms with Crippen molar-refractivity contribution in [2.75, 3.05) is 25.6 Å². The number of amides is 2. The van der Waals surface area contributed by atoms with Gasteiger partial charge in [0.1, 0.15) is 17.1 Å². The molecule has 10 heteroatoms. The number of benzene rings is 3. The number of hydrogen-bond acceptors (Lipinski definition) is 7. The van der Waals surface area contributed by atoms with Crippen molar-refractivity contribution in [3.8, 4) is 17.2 Å². The molecule has 0 saturated heterocycles. The summed E-state index contributed by atoms with van der Waals surface area (Å²) in [6, 6.07) is 17.3. The van der Waals surface area contributed by atoms with E-state index < -0.39 is 17.6 Å². The summed E-state index contributed by atoms with van der Waals surface area (Å²) >= 11 is 0. The van der Waals surface area contributed by atoms with Crippen LogP contribution in [0.4, 0.5) is 10.1 Å². The van der Waals surface area contributed by atoms with E-state index in [1.165, 1.54) is 37.6 Å². The minimum atomic E-state index is -0.510. The van der Waals surface area contributed by atoms with Crippen LogP contribution in [-0.2, 0) is 4.79 Å². The minimum absolute atomic E-state index is 0.112. The van der Waals surface area contributed by atoms with Crippen molar-refractivity contribution in [1.82, 2.24) is 5.43 Å². The molecule has 0 fully saturated rings. The van der Waals surface area contributed by atoms with Gasteiger partial charge in [0.05, 0.1) is 19.9 Å². The highest BCUT2D eigenvalue weighted by atomic mass is 19.1. The lowest BCUT2D eigenvalue weighted by Gasteiger charge is -2.11. The second kappa shape index (κ2) is 11.7. The van der Waals surface area contributed by atoms with Gasteiger partial charge in [-0.05, 0) is 79.2 Å². The molecule has 0 saturated carbocycles. The lowest BCUT2D eigenvalue weighted by atomic mass is 10.2. The Bertz CT molecular complexity index is 1430. The molecule has 2 N–H and O–H groups in total. The third-order valence-electron chi connectivity index (χ3n) is 5.08. The number of anilines is 1. The molecule has 4 aromatic rings. The zero-order valence-electron chi connectivity index (χ0n) is 20.1. The molecule has 3 aromatic carbocycles. The summed E-state index contributed by atoms with van der Waals surface area (Å²) in [5.74, 6) is 0.190. The van der Waals surface area contributed by atoms with Crippen LogP contribution in [0.15, 0.2) is 76.2 Å². The average Bonchev–Trinajstić information content (AvgIpc) is 3.33. The predicted octanol–water partition coefficient (Wildman–Crippen LogP) is 4.76. The minimum Gasteiger partial charge on any atom is -0.494 e. The van der Waals surface area contributed by atoms with Gasteiger partial charge in [0.15, 0.2) is 23.9 Å². The molecule has 1 aromatic heterocycles. The van der Waals surface area contributed by atoms with Crippen molar-refractivity contribution in [3.63, 3.8) is 0 Å². The van der Waals surface area contributed by atoms with Gasteiger partial charge in [-0.1, -0.05) is 0 Å². The number of furan rings is 1. The van der Waals surface area contributed by atoms with Crippen molar-refractivity contribution in [3.05, 3.63) is 83.9 Å². The molecule has 0 aliphatic rings. The molecule has 4 rings (SSSR count). The Balaban J connectivity index is 1.33. The second-order valence-corrected chi connectivity index (χ2v) is 7.70. The van der Waals surface area contributed by atoms with E-state index in [0.717, 1.165) is 5.39 Å². The van der Waals surface area contributed by atoms with Crippen LogP contribution in [0.2, 0.25) is 0 Å². The molecule has 1 heterocycles. The van der Waals surface area contributed by atoms with E-state index in [9.17, 15) is 14.0 Å². The van der Waals surface area contributed by atoms with Crippen LogP contribution in [0.25, 0.3) is 11.0 Å². The Hall–Kier alpha value is -4.86. The number of hydrazone groups is 1. The maximum Gasteiger partial charge on any atom is 0.307 e. The van der Waals surface area contributed by atoms with Crippen molar-refractivity contribution >= 4 is 34.7 Å². The molecule has 190 valence electrons. The Morgan fingerprint density at radius 1 is 1.00 bits per heavy atom. The number of hydrogen-bond donors (Lipinski definition) is 2. The van der Waals surface area contributed by atoms with E-state index >= 15 is 0 Å². The molecule has 0 aliphatic carbocycles. The quantitative estimate of drug-likeness (QED) is 0.237. The highest BCUT2D eigenvalue weighted by molar-refractivity contribution is 5.97. The first-order chi connectivity index (χ1) is 17.9. The number of nitrogens with one attached hydrogen (secondary N) is 2. The first-order valence-electron chi connectivity index (χ1n) is 11.3. The van der Waals surface area contributed by atoms with Crippen LogP contribution in [0.5, 0.6) is 17.2 Å². The van der Waals surface area contributed by atoms with Gasteiger partial charge in [-0.25, -0.2) is 9.82 Å². The number of carbonyl (C=O) groups excluding carboxylic acids is 2. The third-order valence-corrected chi connectivity index (χ3v) is 5.08. The lowest BCUT2D eigenvalue weighted by Crippen LogP contribution is -2.20. The van der Waals surface area contributed by atoms with Gasteiger partial charge >= 0.3 is 5.91 Å². The van der Waals surface area contributed by atoms with Gasteiger partial charge in [0.2, 0.25) is 0 Å². The molecule has 37 heavy (non-hydrogen) atoms. The fourth-order valence-corrected chi connectivity index (χ4v) is 3.37. The van der Waals surface area contributed by atoms with Crippen LogP contribution < -0.4 is 25.0 Å². The first-order valence-corrected chi connectivity index (χ1v) is 11.3. The van der Waals surface area contributed by atoms with Crippen molar-refractivity contribution < 1.29 is 32.6 Å². The van der Waals surface area contributed by atoms with Crippen molar-refractivity contribution in [2.45, 2.75) is 6.92 Å². The Labute approximate surface area is 211 Å². The Morgan fingerprint density at radius 2 is 1.81 bits per heavy atom. The number of carbonyl (C=O) groups is 2. The summed E-state index contributed by atoms with van der Waals surface area (Å²) in [5.41, 5.74) is 4.05. The van der Waals surface area contributed by atoms with E-state index in [0.29, 0.717) is 40.7 Å². The number of methoxy groups -OCH3 is 1. The number of fused-ring (bicyclic) bond motifs is 1. The zero-order valence-corrected chi connectivity index (χ0v) is 20.1. The average molecular weight is 506 g/mol. The predicted molar refractivity (Wildman–Crippen MR) is 136 cm³/mol. The van der Waals surface area contributed by atoms with Crippen LogP contribution in [0, 0.1) is 5.82 Å². The summed E-state index contributed by atoms with van der Waals surface area (Å²) in [6.45, 7) is 2.15. The lowest BCUT2D eigenvalue weighted by molar-refractivity contribution is -0.118. The van der Waals surface area contributed by atoms with E-state index in [-0.39, 0.29) is 12.4 Å². The zero-order chi connectivity index (χ0) is 26.2. The van der Waals surface area contributed by atoms with Gasteiger partial charge < -0.3 is 23.9 Å². The number of nitrogens with zero attached hydrogens (tertiary/aromatic N) is 1. The summed E-state index contributed by atoms with van der Waals surface area (Å²) in [6.07, 6.45) is 1.43. The van der Waals surface area contributed by atoms with Crippen LogP contribution in [-0.4, -0.2) is 38.4 Å². The molecule has 0 unspecified atom stereocenters. The van der Waals surface area contributed by atoms with Crippen LogP contribution in [0.3, 0.4) is 0 Å². The van der Waals surface area contributed by atoms with E-state index in [2.05, 4.69) is 15.8 Å². The molecular weight excluding hydrogens is 481 g/mol. The second-order valence-electron chi connectivity index (χ2n) is 7.70. The first kappa shape index (κ1) is 25.2. The molecule has 0 aliphatic heterocycles. The Kier molecular flexibility index (Phi) is 7.99. The van der Waals surface area contributed by atoms with Crippen molar-refractivity contribution in [1.29, 1.82) is 0 Å². The third kappa shape index (κ3) is 6.63. The normalized spacial score (nSPS) is 10.9. The fraction of sp³-hybridized carbons (Fsp3) is 0.148. The summed E-state index contributed by atoms with van der Waals surface area (Å²) in [4.78, 5) is 24.6. The summed E-state index contributed by atoms with van der Waals surface area (Å²) in [7, 11) is 1.46. The van der Waals surface area contributed by atoms with Crippen LogP contribution in [0.1, 0.15) is 23.0 Å². The highest BCUT2D eigenvalue weighted by Gasteiger charge is 2.13. The van der Waals surface area contributed by atoms with Gasteiger partial charge in [0, 0.05) is 11.1 Å². The maximum absolute atomic E-state index is 13.0. The molecule has 0 spiro atoms. The molecule has 2 amide bonds.